The average Bonchev–Trinajstić information content (AvgIpc) is 3.20. The van der Waals surface area contributed by atoms with Gasteiger partial charge in [-0.1, -0.05) is 6.07 Å². The van der Waals surface area contributed by atoms with Gasteiger partial charge in [0.1, 0.15) is 24.0 Å². The summed E-state index contributed by atoms with van der Waals surface area (Å²) in [6.45, 7) is 6.99. The largest absolute Gasteiger partial charge is 0.485 e. The van der Waals surface area contributed by atoms with Crippen LogP contribution in [-0.2, 0) is 13.2 Å². The van der Waals surface area contributed by atoms with Crippen LogP contribution in [0.15, 0.2) is 24.3 Å². The molecule has 2 aromatic rings. The van der Waals surface area contributed by atoms with E-state index in [0.717, 1.165) is 25.3 Å². The third-order valence-electron chi connectivity index (χ3n) is 4.54. The second kappa shape index (κ2) is 7.93. The van der Waals surface area contributed by atoms with Crippen LogP contribution in [0.3, 0.4) is 0 Å². The number of aliphatic hydroxyl groups is 1. The summed E-state index contributed by atoms with van der Waals surface area (Å²) in [6, 6.07) is 6.53. The van der Waals surface area contributed by atoms with Crippen LogP contribution in [0.2, 0.25) is 0 Å². The molecule has 1 unspecified atom stereocenters. The summed E-state index contributed by atoms with van der Waals surface area (Å²) < 4.78 is 20.6. The summed E-state index contributed by atoms with van der Waals surface area (Å²) in [5.41, 5.74) is 0. The molecule has 6 nitrogen and oxygen atoms in total. The monoisotopic (exact) mass is 348 g/mol. The summed E-state index contributed by atoms with van der Waals surface area (Å²) in [5, 5.41) is 13.8. The van der Waals surface area contributed by atoms with Crippen molar-refractivity contribution >= 4 is 0 Å². The van der Waals surface area contributed by atoms with Gasteiger partial charge in [-0.2, -0.15) is 5.10 Å². The van der Waals surface area contributed by atoms with Crippen molar-refractivity contribution in [2.24, 2.45) is 0 Å². The van der Waals surface area contributed by atoms with Crippen molar-refractivity contribution in [3.63, 3.8) is 0 Å². The van der Waals surface area contributed by atoms with Crippen molar-refractivity contribution in [2.45, 2.75) is 45.4 Å². The fourth-order valence-corrected chi connectivity index (χ4v) is 3.20. The predicted octanol–water partition coefficient (Wildman–Crippen LogP) is 2.19. The first kappa shape index (κ1) is 17.8. The van der Waals surface area contributed by atoms with Gasteiger partial charge < -0.3 is 14.7 Å². The molecule has 1 aromatic heterocycles. The second-order valence-electron chi connectivity index (χ2n) is 6.65. The highest BCUT2D eigenvalue weighted by atomic mass is 19.1. The van der Waals surface area contributed by atoms with E-state index in [9.17, 15) is 9.50 Å². The SMILES string of the molecule is CC(C)N1CCC(c2nc(COc3cccc(F)c3)nn2CCO)C1. The third kappa shape index (κ3) is 4.35. The lowest BCUT2D eigenvalue weighted by molar-refractivity contribution is 0.258. The molecule has 0 bridgehead atoms. The first-order valence-electron chi connectivity index (χ1n) is 8.73. The minimum absolute atomic E-state index is 0.0150. The van der Waals surface area contributed by atoms with Crippen LogP contribution in [0, 0.1) is 5.82 Å². The van der Waals surface area contributed by atoms with Gasteiger partial charge in [0.15, 0.2) is 5.82 Å². The fraction of sp³-hybridized carbons (Fsp3) is 0.556. The smallest absolute Gasteiger partial charge is 0.188 e. The maximum Gasteiger partial charge on any atom is 0.188 e. The highest BCUT2D eigenvalue weighted by Gasteiger charge is 2.29. The Labute approximate surface area is 147 Å². The summed E-state index contributed by atoms with van der Waals surface area (Å²) in [4.78, 5) is 7.06. The maximum atomic E-state index is 13.2. The van der Waals surface area contributed by atoms with E-state index in [1.54, 1.807) is 16.8 Å². The Morgan fingerprint density at radius 2 is 2.24 bits per heavy atom. The normalized spacial score (nSPS) is 18.2. The summed E-state index contributed by atoms with van der Waals surface area (Å²) in [6.07, 6.45) is 1.03. The molecule has 1 aliphatic rings. The molecule has 136 valence electrons. The summed E-state index contributed by atoms with van der Waals surface area (Å²) in [7, 11) is 0. The number of nitrogens with zero attached hydrogens (tertiary/aromatic N) is 4. The lowest BCUT2D eigenvalue weighted by Crippen LogP contribution is -2.28. The fourth-order valence-electron chi connectivity index (χ4n) is 3.20. The van der Waals surface area contributed by atoms with Crippen molar-refractivity contribution in [3.8, 4) is 5.75 Å². The molecule has 25 heavy (non-hydrogen) atoms. The molecule has 1 atom stereocenters. The summed E-state index contributed by atoms with van der Waals surface area (Å²) >= 11 is 0. The lowest BCUT2D eigenvalue weighted by Gasteiger charge is -2.20. The molecule has 0 saturated carbocycles. The van der Waals surface area contributed by atoms with Crippen molar-refractivity contribution in [3.05, 3.63) is 41.7 Å². The highest BCUT2D eigenvalue weighted by Crippen LogP contribution is 2.27. The third-order valence-corrected chi connectivity index (χ3v) is 4.54. The first-order valence-corrected chi connectivity index (χ1v) is 8.73. The Kier molecular flexibility index (Phi) is 5.65. The molecule has 2 heterocycles. The molecule has 1 aromatic carbocycles. The predicted molar refractivity (Wildman–Crippen MR) is 91.9 cm³/mol. The van der Waals surface area contributed by atoms with E-state index in [1.165, 1.54) is 12.1 Å². The van der Waals surface area contributed by atoms with Crippen LogP contribution in [0.4, 0.5) is 4.39 Å². The second-order valence-corrected chi connectivity index (χ2v) is 6.65. The maximum absolute atomic E-state index is 13.2. The average molecular weight is 348 g/mol. The number of aromatic nitrogens is 3. The van der Waals surface area contributed by atoms with E-state index in [4.69, 9.17) is 4.74 Å². The molecule has 0 aliphatic carbocycles. The standard InChI is InChI=1S/C18H25FN4O2/c1-13(2)22-7-6-14(11-22)18-20-17(21-23(18)8-9-24)12-25-16-5-3-4-15(19)10-16/h3-5,10,13-14,24H,6-9,11-12H2,1-2H3. The number of aliphatic hydroxyl groups excluding tert-OH is 1. The van der Waals surface area contributed by atoms with Gasteiger partial charge in [-0.15, -0.1) is 0 Å². The Bertz CT molecular complexity index is 704. The Morgan fingerprint density at radius 1 is 1.40 bits per heavy atom. The van der Waals surface area contributed by atoms with E-state index in [-0.39, 0.29) is 19.0 Å². The van der Waals surface area contributed by atoms with Crippen molar-refractivity contribution < 1.29 is 14.2 Å². The van der Waals surface area contributed by atoms with Crippen LogP contribution in [0.5, 0.6) is 5.75 Å². The zero-order valence-electron chi connectivity index (χ0n) is 14.7. The minimum atomic E-state index is -0.336. The Hall–Kier alpha value is -1.99. The van der Waals surface area contributed by atoms with Crippen LogP contribution in [0.1, 0.15) is 37.8 Å². The van der Waals surface area contributed by atoms with Crippen LogP contribution >= 0.6 is 0 Å². The molecule has 1 aliphatic heterocycles. The molecule has 0 amide bonds. The molecule has 1 saturated heterocycles. The number of hydrogen-bond donors (Lipinski definition) is 1. The quantitative estimate of drug-likeness (QED) is 0.831. The van der Waals surface area contributed by atoms with Gasteiger partial charge in [-0.25, -0.2) is 14.1 Å². The number of benzene rings is 1. The molecule has 0 radical (unpaired) electrons. The molecule has 1 fully saturated rings. The van der Waals surface area contributed by atoms with E-state index in [0.29, 0.717) is 30.1 Å². The number of ether oxygens (including phenoxy) is 1. The number of hydrogen-bond acceptors (Lipinski definition) is 5. The number of halogens is 1. The molecular formula is C18H25FN4O2. The van der Waals surface area contributed by atoms with Crippen LogP contribution in [-0.4, -0.2) is 50.5 Å². The van der Waals surface area contributed by atoms with Crippen molar-refractivity contribution in [2.75, 3.05) is 19.7 Å². The molecular weight excluding hydrogens is 323 g/mol. The van der Waals surface area contributed by atoms with E-state index in [2.05, 4.69) is 28.8 Å². The molecule has 1 N–H and O–H groups in total. The molecule has 0 spiro atoms. The van der Waals surface area contributed by atoms with Gasteiger partial charge in [0.25, 0.3) is 0 Å². The van der Waals surface area contributed by atoms with Crippen LogP contribution in [0.25, 0.3) is 0 Å². The Balaban J connectivity index is 1.71. The van der Waals surface area contributed by atoms with E-state index >= 15 is 0 Å². The number of likely N-dealkylation sites (tertiary alicyclic amines) is 1. The van der Waals surface area contributed by atoms with Crippen LogP contribution < -0.4 is 4.74 Å². The zero-order chi connectivity index (χ0) is 17.8. The minimum Gasteiger partial charge on any atom is -0.485 e. The zero-order valence-corrected chi connectivity index (χ0v) is 14.7. The molecule has 7 heteroatoms. The lowest BCUT2D eigenvalue weighted by atomic mass is 10.1. The van der Waals surface area contributed by atoms with Gasteiger partial charge in [0, 0.05) is 24.6 Å². The van der Waals surface area contributed by atoms with Crippen molar-refractivity contribution in [1.29, 1.82) is 0 Å². The van der Waals surface area contributed by atoms with E-state index < -0.39 is 0 Å². The molecule has 3 rings (SSSR count). The van der Waals surface area contributed by atoms with Gasteiger partial charge in [-0.3, -0.25) is 0 Å². The summed E-state index contributed by atoms with van der Waals surface area (Å²) in [5.74, 6) is 1.87. The van der Waals surface area contributed by atoms with Gasteiger partial charge in [0.2, 0.25) is 0 Å². The first-order chi connectivity index (χ1) is 12.1. The van der Waals surface area contributed by atoms with Gasteiger partial charge in [0.05, 0.1) is 13.2 Å². The highest BCUT2D eigenvalue weighted by molar-refractivity contribution is 5.22. The van der Waals surface area contributed by atoms with Crippen molar-refractivity contribution in [1.82, 2.24) is 19.7 Å². The van der Waals surface area contributed by atoms with Gasteiger partial charge >= 0.3 is 0 Å². The Morgan fingerprint density at radius 3 is 2.92 bits per heavy atom. The van der Waals surface area contributed by atoms with E-state index in [1.807, 2.05) is 0 Å². The topological polar surface area (TPSA) is 63.4 Å². The van der Waals surface area contributed by atoms with Gasteiger partial charge in [-0.05, 0) is 38.9 Å². The number of rotatable bonds is 7.